The number of anilines is 3. The number of unbranched alkanes of at least 4 members (excludes halogenated alkanes) is 14. The molecule has 0 spiro atoms. The van der Waals surface area contributed by atoms with Gasteiger partial charge in [-0.2, -0.15) is 15.0 Å². The highest BCUT2D eigenvalue weighted by Gasteiger charge is 2.38. The maximum Gasteiger partial charge on any atom is 0.241 e. The molecule has 0 unspecified atom stereocenters. The lowest BCUT2D eigenvalue weighted by Gasteiger charge is -2.35. The van der Waals surface area contributed by atoms with Crippen LogP contribution < -0.4 is 29.7 Å². The average molecular weight is 936 g/mol. The lowest BCUT2D eigenvalue weighted by molar-refractivity contribution is 0.122. The van der Waals surface area contributed by atoms with Crippen LogP contribution in [0.4, 0.5) is 17.6 Å². The molecule has 5 aromatic rings. The van der Waals surface area contributed by atoms with E-state index in [0.29, 0.717) is 56.7 Å². The number of benzene rings is 4. The normalized spacial score (nSPS) is 13.3. The summed E-state index contributed by atoms with van der Waals surface area (Å²) in [7, 11) is -0.174. The van der Waals surface area contributed by atoms with Crippen LogP contribution in [0.5, 0.6) is 11.5 Å². The number of sulfonamides is 1. The summed E-state index contributed by atoms with van der Waals surface area (Å²) in [4.78, 5) is 18.5. The molecular formula is C54H77N7O5S. The summed E-state index contributed by atoms with van der Waals surface area (Å²) < 4.78 is 50.9. The molecule has 1 aliphatic rings. The Labute approximate surface area is 401 Å². The highest BCUT2D eigenvalue weighted by Crippen LogP contribution is 2.38. The molecule has 4 aromatic carbocycles. The van der Waals surface area contributed by atoms with Crippen LogP contribution in [0.2, 0.25) is 0 Å². The van der Waals surface area contributed by atoms with E-state index in [2.05, 4.69) is 28.5 Å². The number of nitrogen functional groups attached to an aromatic ring is 1. The predicted octanol–water partition coefficient (Wildman–Crippen LogP) is 11.1. The number of nitrogens with two attached hydrogens (primary N) is 1. The van der Waals surface area contributed by atoms with Crippen molar-refractivity contribution in [2.75, 3.05) is 75.7 Å². The molecule has 13 heteroatoms. The van der Waals surface area contributed by atoms with Gasteiger partial charge < -0.3 is 29.7 Å². The molecule has 3 N–H and O–H groups in total. The smallest absolute Gasteiger partial charge is 0.241 e. The van der Waals surface area contributed by atoms with Crippen molar-refractivity contribution in [3.8, 4) is 11.5 Å². The molecule has 67 heavy (non-hydrogen) atoms. The van der Waals surface area contributed by atoms with Crippen LogP contribution in [0.15, 0.2) is 89.8 Å². The monoisotopic (exact) mass is 936 g/mol. The third kappa shape index (κ3) is 15.0. The molecule has 2 heterocycles. The zero-order chi connectivity index (χ0) is 47.3. The molecule has 0 amide bonds. The number of rotatable bonds is 30. The van der Waals surface area contributed by atoms with Gasteiger partial charge in [-0.15, -0.1) is 0 Å². The summed E-state index contributed by atoms with van der Waals surface area (Å²) in [5.74, 6) is 2.54. The number of fused-ring (bicyclic) bond motifs is 1. The number of ether oxygens (including phenoxy) is 3. The third-order valence-electron chi connectivity index (χ3n) is 13.0. The van der Waals surface area contributed by atoms with Crippen LogP contribution in [0, 0.1) is 0 Å². The van der Waals surface area contributed by atoms with E-state index in [4.69, 9.17) is 29.9 Å². The largest absolute Gasteiger partial charge is 0.494 e. The second-order valence-corrected chi connectivity index (χ2v) is 20.0. The van der Waals surface area contributed by atoms with Crippen molar-refractivity contribution in [2.24, 2.45) is 0 Å². The van der Waals surface area contributed by atoms with Crippen molar-refractivity contribution in [1.29, 1.82) is 0 Å². The average Bonchev–Trinajstić information content (AvgIpc) is 3.34. The fourth-order valence-corrected chi connectivity index (χ4v) is 10.4. The van der Waals surface area contributed by atoms with Crippen LogP contribution in [0.3, 0.4) is 0 Å². The van der Waals surface area contributed by atoms with E-state index in [1.54, 1.807) is 12.1 Å². The zero-order valence-corrected chi connectivity index (χ0v) is 41.6. The van der Waals surface area contributed by atoms with Gasteiger partial charge >= 0.3 is 0 Å². The van der Waals surface area contributed by atoms with E-state index in [1.807, 2.05) is 91.8 Å². The van der Waals surface area contributed by atoms with Crippen molar-refractivity contribution in [2.45, 2.75) is 133 Å². The fourth-order valence-electron chi connectivity index (χ4n) is 9.09. The Hall–Kier alpha value is -4.98. The first-order valence-electron chi connectivity index (χ1n) is 25.1. The maximum absolute atomic E-state index is 14.8. The van der Waals surface area contributed by atoms with Gasteiger partial charge in [0.2, 0.25) is 21.9 Å². The minimum absolute atomic E-state index is 0.0194. The summed E-state index contributed by atoms with van der Waals surface area (Å²) in [5.41, 5.74) is 8.07. The molecule has 1 aliphatic heterocycles. The predicted molar refractivity (Wildman–Crippen MR) is 274 cm³/mol. The molecule has 0 saturated carbocycles. The number of hydrogen-bond donors (Lipinski definition) is 2. The quantitative estimate of drug-likeness (QED) is 0.0424. The summed E-state index contributed by atoms with van der Waals surface area (Å²) >= 11 is 0. The number of hydrogen-bond acceptors (Lipinski definition) is 11. The minimum Gasteiger partial charge on any atom is -0.494 e. The molecule has 1 fully saturated rings. The zero-order valence-electron chi connectivity index (χ0n) is 40.8. The second-order valence-electron chi connectivity index (χ2n) is 18.3. The van der Waals surface area contributed by atoms with Crippen LogP contribution in [-0.4, -0.2) is 83.5 Å². The lowest BCUT2D eigenvalue weighted by atomic mass is 9.71. The van der Waals surface area contributed by atoms with E-state index in [0.717, 1.165) is 59.4 Å². The topological polar surface area (TPSA) is 145 Å². The molecule has 0 radical (unpaired) electrons. The summed E-state index contributed by atoms with van der Waals surface area (Å²) in [6.45, 7) is 8.09. The van der Waals surface area contributed by atoms with E-state index in [9.17, 15) is 8.42 Å². The van der Waals surface area contributed by atoms with Gasteiger partial charge in [0.15, 0.2) is 0 Å². The van der Waals surface area contributed by atoms with Crippen LogP contribution >= 0.6 is 0 Å². The van der Waals surface area contributed by atoms with Crippen LogP contribution in [0.1, 0.15) is 134 Å². The van der Waals surface area contributed by atoms with E-state index in [-0.39, 0.29) is 23.8 Å². The van der Waals surface area contributed by atoms with Crippen molar-refractivity contribution in [1.82, 2.24) is 19.7 Å². The first kappa shape index (κ1) is 51.4. The van der Waals surface area contributed by atoms with Gasteiger partial charge in [0.05, 0.1) is 31.3 Å². The van der Waals surface area contributed by atoms with Crippen LogP contribution in [0.25, 0.3) is 10.8 Å². The molecule has 1 aromatic heterocycles. The molecule has 1 saturated heterocycles. The summed E-state index contributed by atoms with van der Waals surface area (Å²) in [6.07, 6.45) is 19.8. The molecule has 0 aliphatic carbocycles. The van der Waals surface area contributed by atoms with Gasteiger partial charge in [-0.25, -0.2) is 13.1 Å². The molecular weight excluding hydrogens is 859 g/mol. The highest BCUT2D eigenvalue weighted by atomic mass is 32.2. The molecule has 12 nitrogen and oxygen atoms in total. The molecule has 0 atom stereocenters. The minimum atomic E-state index is -4.09. The van der Waals surface area contributed by atoms with Crippen molar-refractivity contribution in [3.63, 3.8) is 0 Å². The Kier molecular flexibility index (Phi) is 20.4. The van der Waals surface area contributed by atoms with Gasteiger partial charge in [0, 0.05) is 62.0 Å². The van der Waals surface area contributed by atoms with Crippen molar-refractivity contribution >= 4 is 38.4 Å². The third-order valence-corrected chi connectivity index (χ3v) is 14.4. The highest BCUT2D eigenvalue weighted by molar-refractivity contribution is 7.89. The van der Waals surface area contributed by atoms with Gasteiger partial charge in [-0.05, 0) is 60.4 Å². The maximum atomic E-state index is 14.8. The van der Waals surface area contributed by atoms with Crippen LogP contribution in [-0.2, 0) is 26.6 Å². The molecule has 0 bridgehead atoms. The van der Waals surface area contributed by atoms with Gasteiger partial charge in [-0.3, -0.25) is 0 Å². The first-order chi connectivity index (χ1) is 32.6. The Morgan fingerprint density at radius 3 is 1.70 bits per heavy atom. The molecule has 6 rings (SSSR count). The summed E-state index contributed by atoms with van der Waals surface area (Å²) in [6, 6.07) is 27.3. The van der Waals surface area contributed by atoms with Crippen molar-refractivity contribution in [3.05, 3.63) is 102 Å². The summed E-state index contributed by atoms with van der Waals surface area (Å²) in [5, 5.41) is 1.49. The van der Waals surface area contributed by atoms with E-state index < -0.39 is 15.4 Å². The standard InChI is InChI=1S/C54H77N7O5S/c1-5-7-9-11-13-15-17-19-37-65-45-31-27-43(28-32-45)54(41-51-57-52(55)59-53(58-51)61-35-39-64-40-36-61,44-29-33-46(34-30-44)66-38-20-18-16-14-12-10-8-6-2)42-56-67(62,63)50-26-22-23-47-48(50)24-21-25-49(47)60(3)4/h21-34,56H,5-20,35-42H2,1-4H3,(H2,55,57,58,59). The fraction of sp³-hybridized carbons (Fsp3) is 0.537. The van der Waals surface area contributed by atoms with Gasteiger partial charge in [0.1, 0.15) is 17.3 Å². The van der Waals surface area contributed by atoms with Crippen molar-refractivity contribution < 1.29 is 22.6 Å². The number of aromatic nitrogens is 3. The molecule has 364 valence electrons. The Balaban J connectivity index is 1.33. The van der Waals surface area contributed by atoms with Gasteiger partial charge in [0.25, 0.3) is 0 Å². The number of morpholine rings is 1. The lowest BCUT2D eigenvalue weighted by Crippen LogP contribution is -2.44. The number of nitrogens with zero attached hydrogens (tertiary/aromatic N) is 5. The van der Waals surface area contributed by atoms with E-state index >= 15 is 0 Å². The van der Waals surface area contributed by atoms with E-state index in [1.165, 1.54) is 77.0 Å². The SMILES string of the molecule is CCCCCCCCCCOc1ccc(C(CNS(=O)(=O)c2cccc3c(N(C)C)cccc23)(Cc2nc(N)nc(N3CCOCC3)n2)c2ccc(OCCCCCCCCCC)cc2)cc1. The Morgan fingerprint density at radius 2 is 1.16 bits per heavy atom. The second kappa shape index (κ2) is 26.5. The van der Waals surface area contributed by atoms with Gasteiger partial charge in [-0.1, -0.05) is 152 Å². The Morgan fingerprint density at radius 1 is 0.657 bits per heavy atom. The first-order valence-corrected chi connectivity index (χ1v) is 26.6. The number of nitrogens with one attached hydrogen (secondary N) is 1. The Bertz CT molecular complexity index is 2270.